The number of hydrogen-bond acceptors (Lipinski definition) is 6. The van der Waals surface area contributed by atoms with Gasteiger partial charge in [-0.25, -0.2) is 9.48 Å². The first kappa shape index (κ1) is 25.4. The van der Waals surface area contributed by atoms with E-state index in [1.807, 2.05) is 0 Å². The summed E-state index contributed by atoms with van der Waals surface area (Å²) in [6.07, 6.45) is 1.32. The van der Waals surface area contributed by atoms with Gasteiger partial charge >= 0.3 is 5.97 Å². The number of nitrogens with one attached hydrogen (secondary N) is 1. The molecule has 2 aromatic carbocycles. The summed E-state index contributed by atoms with van der Waals surface area (Å²) in [7, 11) is 0. The van der Waals surface area contributed by atoms with Crippen molar-refractivity contribution in [3.63, 3.8) is 0 Å². The van der Waals surface area contributed by atoms with Crippen LogP contribution in [-0.2, 0) is 24.4 Å². The van der Waals surface area contributed by atoms with Crippen LogP contribution in [0.4, 0.5) is 0 Å². The summed E-state index contributed by atoms with van der Waals surface area (Å²) in [4.78, 5) is 37.1. The molecule has 1 atom stereocenters. The highest BCUT2D eigenvalue weighted by molar-refractivity contribution is 6.39. The molecular formula is C23H21Cl2N3O6. The zero-order chi connectivity index (χ0) is 24.8. The summed E-state index contributed by atoms with van der Waals surface area (Å²) in [6, 6.07) is 9.73. The number of carboxylic acids is 1. The number of nitrogens with zero attached hydrogens (tertiary/aromatic N) is 2. The molecule has 0 bridgehead atoms. The minimum Gasteiger partial charge on any atom is -0.480 e. The second kappa shape index (κ2) is 11.3. The minimum atomic E-state index is -1.26. The summed E-state index contributed by atoms with van der Waals surface area (Å²) >= 11 is 12.1. The van der Waals surface area contributed by atoms with Crippen LogP contribution in [0.3, 0.4) is 0 Å². The van der Waals surface area contributed by atoms with Crippen molar-refractivity contribution >= 4 is 35.1 Å². The number of aliphatic hydroxyl groups is 2. The third-order valence-corrected chi connectivity index (χ3v) is 5.71. The Bertz CT molecular complexity index is 1240. The maximum absolute atomic E-state index is 12.7. The topological polar surface area (TPSA) is 142 Å². The summed E-state index contributed by atoms with van der Waals surface area (Å²) < 4.78 is 1.10. The molecule has 1 heterocycles. The number of carboxylic acid groups (broad SMARTS) is 1. The van der Waals surface area contributed by atoms with Crippen molar-refractivity contribution in [2.75, 3.05) is 6.61 Å². The average Bonchev–Trinajstić information content (AvgIpc) is 2.80. The molecule has 11 heteroatoms. The molecule has 0 unspecified atom stereocenters. The van der Waals surface area contributed by atoms with E-state index in [9.17, 15) is 24.6 Å². The largest absolute Gasteiger partial charge is 0.480 e. The van der Waals surface area contributed by atoms with Gasteiger partial charge in [0.1, 0.15) is 6.04 Å². The molecule has 34 heavy (non-hydrogen) atoms. The van der Waals surface area contributed by atoms with Crippen LogP contribution in [0.5, 0.6) is 0 Å². The van der Waals surface area contributed by atoms with E-state index in [1.165, 1.54) is 18.3 Å². The number of carbonyl (C=O) groups excluding carboxylic acids is 1. The molecule has 0 aliphatic rings. The molecule has 178 valence electrons. The van der Waals surface area contributed by atoms with E-state index in [0.717, 1.165) is 4.68 Å². The summed E-state index contributed by atoms with van der Waals surface area (Å²) in [5.41, 5.74) is 1.14. The quantitative estimate of drug-likeness (QED) is 0.348. The number of amides is 1. The first-order valence-corrected chi connectivity index (χ1v) is 10.9. The predicted molar refractivity (Wildman–Crippen MR) is 126 cm³/mol. The van der Waals surface area contributed by atoms with Crippen LogP contribution in [-0.4, -0.2) is 49.6 Å². The number of carbonyl (C=O) groups is 2. The van der Waals surface area contributed by atoms with Gasteiger partial charge in [-0.15, -0.1) is 0 Å². The van der Waals surface area contributed by atoms with Gasteiger partial charge in [-0.05, 0) is 23.3 Å². The maximum Gasteiger partial charge on any atom is 0.326 e. The fraction of sp³-hybridized carbons (Fsp3) is 0.217. The van der Waals surface area contributed by atoms with Crippen LogP contribution in [0.1, 0.15) is 21.5 Å². The minimum absolute atomic E-state index is 0.00502. The molecule has 3 rings (SSSR count). The summed E-state index contributed by atoms with van der Waals surface area (Å²) in [5.74, 6) is -1.96. The highest BCUT2D eigenvalue weighted by Crippen LogP contribution is 2.25. The van der Waals surface area contributed by atoms with Crippen LogP contribution in [0.25, 0.3) is 11.1 Å². The number of rotatable bonds is 9. The van der Waals surface area contributed by atoms with Gasteiger partial charge in [0.2, 0.25) is 0 Å². The van der Waals surface area contributed by atoms with Gasteiger partial charge in [0.25, 0.3) is 11.5 Å². The number of hydrogen-bond donors (Lipinski definition) is 4. The second-order valence-corrected chi connectivity index (χ2v) is 8.13. The third kappa shape index (κ3) is 5.63. The van der Waals surface area contributed by atoms with Crippen molar-refractivity contribution in [2.45, 2.75) is 25.6 Å². The van der Waals surface area contributed by atoms with Crippen LogP contribution < -0.4 is 10.9 Å². The monoisotopic (exact) mass is 505 g/mol. The van der Waals surface area contributed by atoms with Crippen LogP contribution in [0.2, 0.25) is 10.0 Å². The van der Waals surface area contributed by atoms with E-state index in [0.29, 0.717) is 16.7 Å². The molecule has 4 N–H and O–H groups in total. The van der Waals surface area contributed by atoms with E-state index in [4.69, 9.17) is 28.3 Å². The average molecular weight is 506 g/mol. The normalized spacial score (nSPS) is 11.8. The van der Waals surface area contributed by atoms with Gasteiger partial charge in [0.05, 0.1) is 47.1 Å². The number of aromatic nitrogens is 2. The molecule has 1 amide bonds. The van der Waals surface area contributed by atoms with Crippen molar-refractivity contribution in [2.24, 2.45) is 0 Å². The van der Waals surface area contributed by atoms with Gasteiger partial charge in [-0.3, -0.25) is 9.59 Å². The molecule has 0 saturated carbocycles. The highest BCUT2D eigenvalue weighted by Gasteiger charge is 2.24. The zero-order valence-electron chi connectivity index (χ0n) is 17.7. The molecule has 0 saturated heterocycles. The van der Waals surface area contributed by atoms with E-state index >= 15 is 0 Å². The summed E-state index contributed by atoms with van der Waals surface area (Å²) in [5, 5.41) is 34.9. The molecule has 1 aromatic heterocycles. The van der Waals surface area contributed by atoms with Gasteiger partial charge in [-0.1, -0.05) is 53.5 Å². The second-order valence-electron chi connectivity index (χ2n) is 7.32. The Morgan fingerprint density at radius 3 is 2.26 bits per heavy atom. The molecule has 0 aliphatic carbocycles. The first-order valence-electron chi connectivity index (χ1n) is 10.1. The van der Waals surface area contributed by atoms with Crippen molar-refractivity contribution < 1.29 is 24.9 Å². The van der Waals surface area contributed by atoms with Gasteiger partial charge < -0.3 is 20.6 Å². The Labute approximate surface area is 204 Å². The van der Waals surface area contributed by atoms with Crippen LogP contribution in [0.15, 0.2) is 53.5 Å². The molecular weight excluding hydrogens is 485 g/mol. The lowest BCUT2D eigenvalue weighted by Gasteiger charge is -2.16. The number of aliphatic carboxylic acids is 1. The Morgan fingerprint density at radius 2 is 1.71 bits per heavy atom. The van der Waals surface area contributed by atoms with Crippen molar-refractivity contribution in [1.29, 1.82) is 0 Å². The van der Waals surface area contributed by atoms with Crippen LogP contribution >= 0.6 is 23.2 Å². The van der Waals surface area contributed by atoms with Crippen molar-refractivity contribution in [3.8, 4) is 11.1 Å². The van der Waals surface area contributed by atoms with Crippen molar-refractivity contribution in [1.82, 2.24) is 15.1 Å². The lowest BCUT2D eigenvalue weighted by molar-refractivity contribution is -0.139. The smallest absolute Gasteiger partial charge is 0.326 e. The number of halogens is 2. The molecule has 0 aliphatic heterocycles. The standard InChI is InChI=1S/C23H21Cl2N3O6/c24-16-2-1-3-17(25)20(16)21(31)27-18(23(33)34)10-13-4-6-14(7-5-13)19-15(12-30)11-26-28(8-9-29)22(19)32/h1-7,11,18,29-30H,8-10,12H2,(H,27,31)(H,33,34)/t18-/m0/s1. The van der Waals surface area contributed by atoms with Gasteiger partial charge in [0.15, 0.2) is 0 Å². The fourth-order valence-electron chi connectivity index (χ4n) is 3.39. The Hall–Kier alpha value is -3.24. The molecule has 0 fully saturated rings. The van der Waals surface area contributed by atoms with E-state index in [-0.39, 0.29) is 40.7 Å². The Morgan fingerprint density at radius 1 is 1.06 bits per heavy atom. The van der Waals surface area contributed by atoms with E-state index in [1.54, 1.807) is 30.3 Å². The van der Waals surface area contributed by atoms with Crippen LogP contribution in [0, 0.1) is 0 Å². The van der Waals surface area contributed by atoms with E-state index in [2.05, 4.69) is 10.4 Å². The first-order chi connectivity index (χ1) is 16.3. The molecule has 9 nitrogen and oxygen atoms in total. The predicted octanol–water partition coefficient (Wildman–Crippen LogP) is 2.13. The van der Waals surface area contributed by atoms with Crippen molar-refractivity contribution in [3.05, 3.63) is 85.8 Å². The molecule has 3 aromatic rings. The fourth-order valence-corrected chi connectivity index (χ4v) is 3.96. The SMILES string of the molecule is O=C(N[C@@H](Cc1ccc(-c2c(CO)cnn(CCO)c2=O)cc1)C(=O)O)c1c(Cl)cccc1Cl. The Balaban J connectivity index is 1.84. The summed E-state index contributed by atoms with van der Waals surface area (Å²) in [6.45, 7) is -0.673. The highest BCUT2D eigenvalue weighted by atomic mass is 35.5. The van der Waals surface area contributed by atoms with Gasteiger partial charge in [0, 0.05) is 12.0 Å². The third-order valence-electron chi connectivity index (χ3n) is 5.08. The molecule has 0 spiro atoms. The Kier molecular flexibility index (Phi) is 8.41. The zero-order valence-corrected chi connectivity index (χ0v) is 19.3. The molecule has 0 radical (unpaired) electrons. The van der Waals surface area contributed by atoms with Gasteiger partial charge in [-0.2, -0.15) is 5.10 Å². The lowest BCUT2D eigenvalue weighted by atomic mass is 9.99. The lowest BCUT2D eigenvalue weighted by Crippen LogP contribution is -2.42. The van der Waals surface area contributed by atoms with E-state index < -0.39 is 30.1 Å². The number of aliphatic hydroxyl groups excluding tert-OH is 2. The maximum atomic E-state index is 12.7. The number of benzene rings is 2.